The maximum absolute atomic E-state index is 6.05. The van der Waals surface area contributed by atoms with Gasteiger partial charge in [0.25, 0.3) is 0 Å². The standard InChI is InChI=1S/C9H13ClN4S/c1-6-5-14(2-3-15-6)8-7(10)4-12-9(11)13-8/h4,6H,2-3,5H2,1H3,(H2,11,12,13). The number of thioether (sulfide) groups is 1. The van der Waals surface area contributed by atoms with Crippen molar-refractivity contribution in [2.24, 2.45) is 0 Å². The summed E-state index contributed by atoms with van der Waals surface area (Å²) in [7, 11) is 0. The van der Waals surface area contributed by atoms with Crippen LogP contribution in [0.1, 0.15) is 6.92 Å². The van der Waals surface area contributed by atoms with Gasteiger partial charge in [0.2, 0.25) is 5.95 Å². The Kier molecular flexibility index (Phi) is 3.21. The number of nitrogen functional groups attached to an aromatic ring is 1. The summed E-state index contributed by atoms with van der Waals surface area (Å²) in [6.07, 6.45) is 1.56. The second-order valence-electron chi connectivity index (χ2n) is 3.53. The number of nitrogens with zero attached hydrogens (tertiary/aromatic N) is 3. The average Bonchev–Trinajstić information content (AvgIpc) is 2.22. The molecule has 0 saturated carbocycles. The average molecular weight is 245 g/mol. The molecule has 15 heavy (non-hydrogen) atoms. The van der Waals surface area contributed by atoms with E-state index in [4.69, 9.17) is 17.3 Å². The molecule has 2 heterocycles. The minimum atomic E-state index is 0.278. The summed E-state index contributed by atoms with van der Waals surface area (Å²) in [5.74, 6) is 2.14. The molecule has 4 nitrogen and oxygen atoms in total. The maximum atomic E-state index is 6.05. The second kappa shape index (κ2) is 4.45. The van der Waals surface area contributed by atoms with Gasteiger partial charge in [-0.3, -0.25) is 0 Å². The third-order valence-corrected chi connectivity index (χ3v) is 3.69. The molecule has 1 aliphatic rings. The summed E-state index contributed by atoms with van der Waals surface area (Å²) in [5.41, 5.74) is 5.56. The smallest absolute Gasteiger partial charge is 0.222 e. The lowest BCUT2D eigenvalue weighted by Gasteiger charge is -2.31. The SMILES string of the molecule is CC1CN(c2nc(N)ncc2Cl)CCS1. The van der Waals surface area contributed by atoms with Gasteiger partial charge in [0.05, 0.1) is 6.20 Å². The van der Waals surface area contributed by atoms with Crippen molar-refractivity contribution in [2.45, 2.75) is 12.2 Å². The normalized spacial score (nSPS) is 21.7. The predicted octanol–water partition coefficient (Wildman–Crippen LogP) is 1.65. The molecule has 0 aliphatic carbocycles. The zero-order valence-corrected chi connectivity index (χ0v) is 10.1. The molecule has 1 fully saturated rings. The van der Waals surface area contributed by atoms with Crippen LogP contribution in [0.2, 0.25) is 5.02 Å². The van der Waals surface area contributed by atoms with Crippen molar-refractivity contribution in [3.63, 3.8) is 0 Å². The van der Waals surface area contributed by atoms with Crippen LogP contribution < -0.4 is 10.6 Å². The highest BCUT2D eigenvalue weighted by atomic mass is 35.5. The zero-order chi connectivity index (χ0) is 10.8. The van der Waals surface area contributed by atoms with Gasteiger partial charge in [0.15, 0.2) is 5.82 Å². The van der Waals surface area contributed by atoms with Crippen molar-refractivity contribution < 1.29 is 0 Å². The van der Waals surface area contributed by atoms with Gasteiger partial charge in [0, 0.05) is 24.1 Å². The minimum absolute atomic E-state index is 0.278. The van der Waals surface area contributed by atoms with E-state index in [0.717, 1.165) is 24.7 Å². The summed E-state index contributed by atoms with van der Waals surface area (Å²) in [5, 5.41) is 1.18. The van der Waals surface area contributed by atoms with E-state index in [1.54, 1.807) is 6.20 Å². The van der Waals surface area contributed by atoms with Crippen LogP contribution in [-0.2, 0) is 0 Å². The summed E-state index contributed by atoms with van der Waals surface area (Å²) in [6, 6.07) is 0. The Balaban J connectivity index is 2.24. The molecule has 1 aromatic rings. The van der Waals surface area contributed by atoms with E-state index in [1.165, 1.54) is 0 Å². The fourth-order valence-corrected chi connectivity index (χ4v) is 2.83. The highest BCUT2D eigenvalue weighted by Gasteiger charge is 2.20. The largest absolute Gasteiger partial charge is 0.368 e. The molecule has 1 aromatic heterocycles. The molecular weight excluding hydrogens is 232 g/mol. The highest BCUT2D eigenvalue weighted by Crippen LogP contribution is 2.27. The molecule has 82 valence electrons. The van der Waals surface area contributed by atoms with Crippen LogP contribution in [0.25, 0.3) is 0 Å². The lowest BCUT2D eigenvalue weighted by atomic mass is 10.3. The van der Waals surface area contributed by atoms with Gasteiger partial charge in [0.1, 0.15) is 5.02 Å². The Morgan fingerprint density at radius 3 is 3.20 bits per heavy atom. The highest BCUT2D eigenvalue weighted by molar-refractivity contribution is 8.00. The molecule has 1 aliphatic heterocycles. The van der Waals surface area contributed by atoms with Gasteiger partial charge in [-0.05, 0) is 0 Å². The van der Waals surface area contributed by atoms with Crippen molar-refractivity contribution >= 4 is 35.1 Å². The monoisotopic (exact) mass is 244 g/mol. The number of rotatable bonds is 1. The van der Waals surface area contributed by atoms with Gasteiger partial charge in [-0.2, -0.15) is 16.7 Å². The Morgan fingerprint density at radius 1 is 1.67 bits per heavy atom. The van der Waals surface area contributed by atoms with E-state index in [2.05, 4.69) is 21.8 Å². The molecule has 2 rings (SSSR count). The predicted molar refractivity (Wildman–Crippen MR) is 65.6 cm³/mol. The molecular formula is C9H13ClN4S. The zero-order valence-electron chi connectivity index (χ0n) is 8.48. The Bertz CT molecular complexity index is 360. The van der Waals surface area contributed by atoms with Crippen molar-refractivity contribution in [1.29, 1.82) is 0 Å². The van der Waals surface area contributed by atoms with Crippen LogP contribution in [0, 0.1) is 0 Å². The molecule has 2 N–H and O–H groups in total. The van der Waals surface area contributed by atoms with Gasteiger partial charge in [-0.15, -0.1) is 0 Å². The summed E-state index contributed by atoms with van der Waals surface area (Å²) >= 11 is 8.02. The first-order valence-corrected chi connectivity index (χ1v) is 6.24. The second-order valence-corrected chi connectivity index (χ2v) is 5.48. The first-order chi connectivity index (χ1) is 7.16. The van der Waals surface area contributed by atoms with Crippen molar-refractivity contribution in [1.82, 2.24) is 9.97 Å². The number of hydrogen-bond donors (Lipinski definition) is 1. The summed E-state index contributed by atoms with van der Waals surface area (Å²) in [4.78, 5) is 10.2. The van der Waals surface area contributed by atoms with E-state index in [-0.39, 0.29) is 5.95 Å². The van der Waals surface area contributed by atoms with Gasteiger partial charge < -0.3 is 10.6 Å². The topological polar surface area (TPSA) is 55.0 Å². The van der Waals surface area contributed by atoms with Crippen molar-refractivity contribution in [2.75, 3.05) is 29.5 Å². The van der Waals surface area contributed by atoms with E-state index in [1.807, 2.05) is 11.8 Å². The molecule has 0 aromatic carbocycles. The molecule has 1 unspecified atom stereocenters. The molecule has 1 atom stereocenters. The lowest BCUT2D eigenvalue weighted by molar-refractivity contribution is 0.769. The van der Waals surface area contributed by atoms with E-state index < -0.39 is 0 Å². The van der Waals surface area contributed by atoms with Crippen molar-refractivity contribution in [3.8, 4) is 0 Å². The number of halogens is 1. The van der Waals surface area contributed by atoms with Crippen LogP contribution in [0.5, 0.6) is 0 Å². The van der Waals surface area contributed by atoms with Crippen LogP contribution in [0.4, 0.5) is 11.8 Å². The van der Waals surface area contributed by atoms with Gasteiger partial charge in [-0.25, -0.2) is 4.98 Å². The summed E-state index contributed by atoms with van der Waals surface area (Å²) in [6.45, 7) is 4.13. The molecule has 0 bridgehead atoms. The van der Waals surface area contributed by atoms with Crippen molar-refractivity contribution in [3.05, 3.63) is 11.2 Å². The van der Waals surface area contributed by atoms with E-state index >= 15 is 0 Å². The molecule has 6 heteroatoms. The van der Waals surface area contributed by atoms with Crippen LogP contribution >= 0.6 is 23.4 Å². The first-order valence-electron chi connectivity index (χ1n) is 4.81. The van der Waals surface area contributed by atoms with E-state index in [0.29, 0.717) is 10.3 Å². The lowest BCUT2D eigenvalue weighted by Crippen LogP contribution is -2.37. The van der Waals surface area contributed by atoms with E-state index in [9.17, 15) is 0 Å². The minimum Gasteiger partial charge on any atom is -0.368 e. The fourth-order valence-electron chi connectivity index (χ4n) is 1.60. The first kappa shape index (κ1) is 10.8. The maximum Gasteiger partial charge on any atom is 0.222 e. The third kappa shape index (κ3) is 2.46. The molecule has 0 amide bonds. The molecule has 0 radical (unpaired) electrons. The quantitative estimate of drug-likeness (QED) is 0.814. The van der Waals surface area contributed by atoms with Gasteiger partial charge in [-0.1, -0.05) is 18.5 Å². The van der Waals surface area contributed by atoms with Crippen LogP contribution in [0.15, 0.2) is 6.20 Å². The summed E-state index contributed by atoms with van der Waals surface area (Å²) < 4.78 is 0. The molecule has 0 spiro atoms. The van der Waals surface area contributed by atoms with Crippen LogP contribution in [0.3, 0.4) is 0 Å². The number of hydrogen-bond acceptors (Lipinski definition) is 5. The number of anilines is 2. The third-order valence-electron chi connectivity index (χ3n) is 2.28. The number of aromatic nitrogens is 2. The Labute approximate surface area is 98.2 Å². The van der Waals surface area contributed by atoms with Crippen LogP contribution in [-0.4, -0.2) is 34.1 Å². The number of nitrogens with two attached hydrogens (primary N) is 1. The van der Waals surface area contributed by atoms with Gasteiger partial charge >= 0.3 is 0 Å². The fraction of sp³-hybridized carbons (Fsp3) is 0.556. The Hall–Kier alpha value is -0.680. The molecule has 1 saturated heterocycles. The Morgan fingerprint density at radius 2 is 2.47 bits per heavy atom.